The molecule has 0 aliphatic carbocycles. The van der Waals surface area contributed by atoms with Gasteiger partial charge in [-0.3, -0.25) is 0 Å². The molecule has 1 N–H and O–H groups in total. The summed E-state index contributed by atoms with van der Waals surface area (Å²) in [6, 6.07) is 17.5. The standard InChI is InChI=1S/C22H14Cl2F3N3/c23-16-9-14(10-17(24)11-16)20-29-19-4-2-1-3-18(19)21(30-20)28-12-13-5-7-15(8-6-13)22(25,26)27/h1-11H,12H2,(H,28,29,30). The third-order valence-electron chi connectivity index (χ3n) is 4.47. The number of hydrogen-bond acceptors (Lipinski definition) is 3. The number of halogens is 5. The molecular weight excluding hydrogens is 434 g/mol. The number of nitrogens with one attached hydrogen (secondary N) is 1. The summed E-state index contributed by atoms with van der Waals surface area (Å²) >= 11 is 12.2. The van der Waals surface area contributed by atoms with E-state index in [1.54, 1.807) is 18.2 Å². The van der Waals surface area contributed by atoms with Gasteiger partial charge in [-0.15, -0.1) is 0 Å². The van der Waals surface area contributed by atoms with E-state index in [0.717, 1.165) is 17.5 Å². The maximum absolute atomic E-state index is 12.8. The van der Waals surface area contributed by atoms with Gasteiger partial charge in [0.1, 0.15) is 5.82 Å². The van der Waals surface area contributed by atoms with Gasteiger partial charge in [0.2, 0.25) is 0 Å². The Labute approximate surface area is 180 Å². The second kappa shape index (κ2) is 8.13. The number of nitrogens with zero attached hydrogens (tertiary/aromatic N) is 2. The molecule has 0 unspecified atom stereocenters. The summed E-state index contributed by atoms with van der Waals surface area (Å²) in [4.78, 5) is 9.19. The average Bonchev–Trinajstić information content (AvgIpc) is 2.71. The third kappa shape index (κ3) is 4.50. The first kappa shape index (κ1) is 20.4. The van der Waals surface area contributed by atoms with Gasteiger partial charge in [-0.2, -0.15) is 13.2 Å². The molecule has 3 nitrogen and oxygen atoms in total. The summed E-state index contributed by atoms with van der Waals surface area (Å²) in [5.41, 5.74) is 1.39. The monoisotopic (exact) mass is 447 g/mol. The molecule has 1 heterocycles. The summed E-state index contributed by atoms with van der Waals surface area (Å²) in [5.74, 6) is 1.000. The largest absolute Gasteiger partial charge is 0.416 e. The van der Waals surface area contributed by atoms with Gasteiger partial charge in [-0.05, 0) is 48.0 Å². The number of alkyl halides is 3. The third-order valence-corrected chi connectivity index (χ3v) is 4.90. The van der Waals surface area contributed by atoms with Crippen molar-refractivity contribution in [3.8, 4) is 11.4 Å². The van der Waals surface area contributed by atoms with Crippen molar-refractivity contribution >= 4 is 39.9 Å². The minimum atomic E-state index is -4.36. The van der Waals surface area contributed by atoms with Gasteiger partial charge in [0.15, 0.2) is 5.82 Å². The first-order chi connectivity index (χ1) is 14.3. The lowest BCUT2D eigenvalue weighted by Gasteiger charge is -2.12. The number of aromatic nitrogens is 2. The molecule has 0 saturated carbocycles. The fourth-order valence-corrected chi connectivity index (χ4v) is 3.55. The van der Waals surface area contributed by atoms with Crippen LogP contribution in [0.4, 0.5) is 19.0 Å². The summed E-state index contributed by atoms with van der Waals surface area (Å²) in [5, 5.41) is 4.93. The minimum absolute atomic E-state index is 0.300. The van der Waals surface area contributed by atoms with Crippen LogP contribution in [0.2, 0.25) is 10.0 Å². The fraction of sp³-hybridized carbons (Fsp3) is 0.0909. The zero-order valence-corrected chi connectivity index (χ0v) is 16.9. The van der Waals surface area contributed by atoms with Gasteiger partial charge < -0.3 is 5.32 Å². The molecule has 0 amide bonds. The SMILES string of the molecule is FC(F)(F)c1ccc(CNc2nc(-c3cc(Cl)cc(Cl)c3)nc3ccccc23)cc1. The van der Waals surface area contributed by atoms with Gasteiger partial charge in [0, 0.05) is 27.5 Å². The van der Waals surface area contributed by atoms with Crippen LogP contribution in [0.3, 0.4) is 0 Å². The Morgan fingerprint density at radius 1 is 0.833 bits per heavy atom. The summed E-state index contributed by atoms with van der Waals surface area (Å²) in [7, 11) is 0. The van der Waals surface area contributed by atoms with E-state index >= 15 is 0 Å². The number of benzene rings is 3. The second-order valence-electron chi connectivity index (χ2n) is 6.62. The molecular formula is C22H14Cl2F3N3. The van der Waals surface area contributed by atoms with E-state index in [1.807, 2.05) is 24.3 Å². The minimum Gasteiger partial charge on any atom is -0.365 e. The van der Waals surface area contributed by atoms with Crippen molar-refractivity contribution in [1.29, 1.82) is 0 Å². The van der Waals surface area contributed by atoms with Crippen molar-refractivity contribution in [3.05, 3.63) is 87.9 Å². The lowest BCUT2D eigenvalue weighted by Crippen LogP contribution is -2.07. The molecule has 3 aromatic carbocycles. The molecule has 30 heavy (non-hydrogen) atoms. The molecule has 0 saturated heterocycles. The van der Waals surface area contributed by atoms with Crippen LogP contribution in [0, 0.1) is 0 Å². The molecule has 8 heteroatoms. The number of anilines is 1. The van der Waals surface area contributed by atoms with Crippen LogP contribution in [-0.2, 0) is 12.7 Å². The summed E-state index contributed by atoms with van der Waals surface area (Å²) in [6.07, 6.45) is -4.36. The predicted molar refractivity (Wildman–Crippen MR) is 114 cm³/mol. The fourth-order valence-electron chi connectivity index (χ4n) is 3.02. The lowest BCUT2D eigenvalue weighted by atomic mass is 10.1. The lowest BCUT2D eigenvalue weighted by molar-refractivity contribution is -0.137. The maximum atomic E-state index is 12.8. The maximum Gasteiger partial charge on any atom is 0.416 e. The van der Waals surface area contributed by atoms with Crippen molar-refractivity contribution in [1.82, 2.24) is 9.97 Å². The van der Waals surface area contributed by atoms with E-state index in [2.05, 4.69) is 15.3 Å². The zero-order valence-electron chi connectivity index (χ0n) is 15.3. The first-order valence-corrected chi connectivity index (χ1v) is 9.68. The quantitative estimate of drug-likeness (QED) is 0.358. The van der Waals surface area contributed by atoms with Gasteiger partial charge in [0.25, 0.3) is 0 Å². The van der Waals surface area contributed by atoms with Gasteiger partial charge >= 0.3 is 6.18 Å². The topological polar surface area (TPSA) is 37.8 Å². The molecule has 4 rings (SSSR count). The predicted octanol–water partition coefficient (Wildman–Crippen LogP) is 7.23. The molecule has 0 spiro atoms. The van der Waals surface area contributed by atoms with Crippen molar-refractivity contribution in [2.24, 2.45) is 0 Å². The van der Waals surface area contributed by atoms with Crippen LogP contribution in [0.1, 0.15) is 11.1 Å². The summed E-state index contributed by atoms with van der Waals surface area (Å²) < 4.78 is 38.3. The van der Waals surface area contributed by atoms with Gasteiger partial charge in [-0.1, -0.05) is 47.5 Å². The van der Waals surface area contributed by atoms with Crippen LogP contribution in [-0.4, -0.2) is 9.97 Å². The number of rotatable bonds is 4. The molecule has 1 aromatic heterocycles. The summed E-state index contributed by atoms with van der Waals surface area (Å²) in [6.45, 7) is 0.300. The molecule has 0 bridgehead atoms. The highest BCUT2D eigenvalue weighted by Crippen LogP contribution is 2.30. The highest BCUT2D eigenvalue weighted by atomic mass is 35.5. The first-order valence-electron chi connectivity index (χ1n) is 8.93. The van der Waals surface area contributed by atoms with Crippen molar-refractivity contribution in [3.63, 3.8) is 0 Å². The van der Waals surface area contributed by atoms with Crippen molar-refractivity contribution in [2.45, 2.75) is 12.7 Å². The Balaban J connectivity index is 1.67. The normalized spacial score (nSPS) is 11.6. The molecule has 0 radical (unpaired) electrons. The van der Waals surface area contributed by atoms with Gasteiger partial charge in [0.05, 0.1) is 11.1 Å². The van der Waals surface area contributed by atoms with Crippen LogP contribution in [0.25, 0.3) is 22.3 Å². The number of fused-ring (bicyclic) bond motifs is 1. The van der Waals surface area contributed by atoms with E-state index in [-0.39, 0.29) is 0 Å². The molecule has 152 valence electrons. The van der Waals surface area contributed by atoms with E-state index in [0.29, 0.717) is 44.9 Å². The molecule has 4 aromatic rings. The Hall–Kier alpha value is -2.83. The molecule has 0 fully saturated rings. The highest BCUT2D eigenvalue weighted by molar-refractivity contribution is 6.35. The van der Waals surface area contributed by atoms with Gasteiger partial charge in [-0.25, -0.2) is 9.97 Å². The molecule has 0 aliphatic rings. The van der Waals surface area contributed by atoms with E-state index in [9.17, 15) is 13.2 Å². The zero-order chi connectivity index (χ0) is 21.3. The second-order valence-corrected chi connectivity index (χ2v) is 7.49. The van der Waals surface area contributed by atoms with E-state index in [4.69, 9.17) is 23.2 Å². The Morgan fingerprint density at radius 3 is 2.17 bits per heavy atom. The van der Waals surface area contributed by atoms with E-state index < -0.39 is 11.7 Å². The Morgan fingerprint density at radius 2 is 1.50 bits per heavy atom. The van der Waals surface area contributed by atoms with Crippen LogP contribution in [0.5, 0.6) is 0 Å². The molecule has 0 aliphatic heterocycles. The van der Waals surface area contributed by atoms with Crippen LogP contribution >= 0.6 is 23.2 Å². The number of hydrogen-bond donors (Lipinski definition) is 1. The Kier molecular flexibility index (Phi) is 5.54. The smallest absolute Gasteiger partial charge is 0.365 e. The average molecular weight is 448 g/mol. The highest BCUT2D eigenvalue weighted by Gasteiger charge is 2.29. The van der Waals surface area contributed by atoms with Crippen LogP contribution < -0.4 is 5.32 Å². The van der Waals surface area contributed by atoms with Crippen molar-refractivity contribution in [2.75, 3.05) is 5.32 Å². The Bertz CT molecular complexity index is 1190. The number of para-hydroxylation sites is 1. The molecule has 0 atom stereocenters. The van der Waals surface area contributed by atoms with Crippen LogP contribution in [0.15, 0.2) is 66.7 Å². The van der Waals surface area contributed by atoms with Crippen molar-refractivity contribution < 1.29 is 13.2 Å². The van der Waals surface area contributed by atoms with E-state index in [1.165, 1.54) is 12.1 Å².